The largest absolute Gasteiger partial charge is 0.262 e. The minimum atomic E-state index is 0.522. The lowest BCUT2D eigenvalue weighted by Crippen LogP contribution is -2.05. The van der Waals surface area contributed by atoms with Gasteiger partial charge < -0.3 is 0 Å². The number of fused-ring (bicyclic) bond motifs is 3. The molecule has 0 fully saturated rings. The van der Waals surface area contributed by atoms with Crippen LogP contribution in [0.15, 0.2) is 76.6 Å². The van der Waals surface area contributed by atoms with E-state index in [1.807, 2.05) is 6.20 Å². The first-order valence-corrected chi connectivity index (χ1v) is 10.8. The summed E-state index contributed by atoms with van der Waals surface area (Å²) < 4.78 is 0. The lowest BCUT2D eigenvalue weighted by atomic mass is 9.83. The smallest absolute Gasteiger partial charge is 0.0520 e. The number of pyridine rings is 1. The van der Waals surface area contributed by atoms with Gasteiger partial charge in [-0.3, -0.25) is 9.98 Å². The third-order valence-electron chi connectivity index (χ3n) is 6.47. The molecule has 2 bridgehead atoms. The van der Waals surface area contributed by atoms with Gasteiger partial charge in [-0.1, -0.05) is 42.9 Å². The second kappa shape index (κ2) is 7.26. The van der Waals surface area contributed by atoms with Crippen LogP contribution >= 0.6 is 0 Å². The van der Waals surface area contributed by atoms with Crippen molar-refractivity contribution in [3.05, 3.63) is 88.5 Å². The molecule has 2 unspecified atom stereocenters. The van der Waals surface area contributed by atoms with Crippen molar-refractivity contribution in [1.29, 1.82) is 0 Å². The lowest BCUT2D eigenvalue weighted by Gasteiger charge is -2.22. The third-order valence-corrected chi connectivity index (χ3v) is 6.47. The molecule has 0 aromatic carbocycles. The van der Waals surface area contributed by atoms with Crippen LogP contribution in [0.5, 0.6) is 0 Å². The average molecular weight is 381 g/mol. The van der Waals surface area contributed by atoms with Crippen LogP contribution in [0.25, 0.3) is 11.1 Å². The van der Waals surface area contributed by atoms with Crippen molar-refractivity contribution in [3.63, 3.8) is 0 Å². The number of nitrogens with zero attached hydrogens (tertiary/aromatic N) is 2. The highest BCUT2D eigenvalue weighted by atomic mass is 14.7. The van der Waals surface area contributed by atoms with E-state index in [1.165, 1.54) is 50.4 Å². The average Bonchev–Trinajstić information content (AvgIpc) is 2.84. The molecule has 1 aromatic rings. The zero-order valence-electron chi connectivity index (χ0n) is 17.6. The minimum absolute atomic E-state index is 0.522. The monoisotopic (exact) mass is 380 g/mol. The molecule has 4 aliphatic rings. The van der Waals surface area contributed by atoms with Crippen LogP contribution in [0, 0.1) is 11.8 Å². The molecular formula is C27H28N2. The summed E-state index contributed by atoms with van der Waals surface area (Å²) in [5.74, 6) is 1.15. The molecule has 2 atom stereocenters. The molecule has 0 N–H and O–H groups in total. The molecule has 29 heavy (non-hydrogen) atoms. The predicted molar refractivity (Wildman–Crippen MR) is 123 cm³/mol. The Kier molecular flexibility index (Phi) is 4.58. The second-order valence-corrected chi connectivity index (χ2v) is 8.89. The zero-order valence-corrected chi connectivity index (χ0v) is 17.6. The molecule has 146 valence electrons. The van der Waals surface area contributed by atoms with Gasteiger partial charge in [0.1, 0.15) is 0 Å². The van der Waals surface area contributed by atoms with Gasteiger partial charge >= 0.3 is 0 Å². The summed E-state index contributed by atoms with van der Waals surface area (Å²) in [6.45, 7) is 6.82. The van der Waals surface area contributed by atoms with Gasteiger partial charge in [0.25, 0.3) is 0 Å². The second-order valence-electron chi connectivity index (χ2n) is 8.89. The summed E-state index contributed by atoms with van der Waals surface area (Å²) in [5, 5.41) is 0. The van der Waals surface area contributed by atoms with E-state index >= 15 is 0 Å². The molecule has 0 amide bonds. The number of aromatic nitrogens is 1. The summed E-state index contributed by atoms with van der Waals surface area (Å²) in [5.41, 5.74) is 11.9. The van der Waals surface area contributed by atoms with Gasteiger partial charge in [-0.05, 0) is 79.4 Å². The molecule has 0 radical (unpaired) electrons. The van der Waals surface area contributed by atoms with Crippen LogP contribution in [0.4, 0.5) is 0 Å². The molecule has 1 aromatic heterocycles. The molecule has 1 aliphatic heterocycles. The van der Waals surface area contributed by atoms with E-state index in [2.05, 4.69) is 74.5 Å². The van der Waals surface area contributed by atoms with Crippen LogP contribution in [0.3, 0.4) is 0 Å². The summed E-state index contributed by atoms with van der Waals surface area (Å²) in [7, 11) is 0. The first-order valence-electron chi connectivity index (χ1n) is 10.8. The molecule has 2 nitrogen and oxygen atoms in total. The van der Waals surface area contributed by atoms with E-state index in [0.717, 1.165) is 25.7 Å². The van der Waals surface area contributed by atoms with Crippen molar-refractivity contribution in [2.24, 2.45) is 16.8 Å². The Morgan fingerprint density at radius 3 is 2.83 bits per heavy atom. The molecule has 2 heteroatoms. The van der Waals surface area contributed by atoms with Crippen LogP contribution in [0.1, 0.15) is 56.9 Å². The fourth-order valence-corrected chi connectivity index (χ4v) is 5.27. The number of hydrogen-bond donors (Lipinski definition) is 0. The number of aliphatic imine (C=N–C) groups is 1. The number of hydrogen-bond acceptors (Lipinski definition) is 2. The van der Waals surface area contributed by atoms with Crippen molar-refractivity contribution in [1.82, 2.24) is 4.98 Å². The SMILES string of the molecule is CC1=CC(C)CC(C)=C1c1cnc2c(c1)C(C1=CC3CC=CN=C(C=C1)C3)=CC2. The standard InChI is InChI=1S/C27H28N2/c1-17-11-18(2)27(19(3)12-17)22-15-25-24(8-9-26(25)29-16-22)21-6-7-23-14-20(13-21)5-4-10-28-23/h4,6-8,10-11,13,15-17,20H,5,9,12,14H2,1-3H3. The highest BCUT2D eigenvalue weighted by Crippen LogP contribution is 2.40. The van der Waals surface area contributed by atoms with Crippen LogP contribution in [-0.2, 0) is 6.42 Å². The normalized spacial score (nSPS) is 25.6. The van der Waals surface area contributed by atoms with Crippen LogP contribution in [0.2, 0.25) is 0 Å². The fourth-order valence-electron chi connectivity index (χ4n) is 5.27. The van der Waals surface area contributed by atoms with Gasteiger partial charge in [0.2, 0.25) is 0 Å². The van der Waals surface area contributed by atoms with E-state index < -0.39 is 0 Å². The van der Waals surface area contributed by atoms with Crippen LogP contribution < -0.4 is 0 Å². The fraction of sp³-hybridized carbons (Fsp3) is 0.333. The summed E-state index contributed by atoms with van der Waals surface area (Å²) in [6, 6.07) is 2.38. The maximum Gasteiger partial charge on any atom is 0.0520 e. The molecule has 0 saturated heterocycles. The summed E-state index contributed by atoms with van der Waals surface area (Å²) in [6.07, 6.45) is 22.0. The van der Waals surface area contributed by atoms with Gasteiger partial charge in [-0.2, -0.15) is 0 Å². The molecule has 3 aliphatic carbocycles. The lowest BCUT2D eigenvalue weighted by molar-refractivity contribution is 0.700. The van der Waals surface area contributed by atoms with Crippen molar-refractivity contribution < 1.29 is 0 Å². The summed E-state index contributed by atoms with van der Waals surface area (Å²) in [4.78, 5) is 9.45. The first-order chi connectivity index (χ1) is 14.1. The minimum Gasteiger partial charge on any atom is -0.262 e. The molecule has 0 spiro atoms. The van der Waals surface area contributed by atoms with E-state index in [4.69, 9.17) is 4.98 Å². The Labute approximate surface area is 173 Å². The maximum atomic E-state index is 4.87. The van der Waals surface area contributed by atoms with Gasteiger partial charge in [0.15, 0.2) is 0 Å². The van der Waals surface area contributed by atoms with Crippen molar-refractivity contribution >= 4 is 16.9 Å². The Morgan fingerprint density at radius 1 is 1.07 bits per heavy atom. The predicted octanol–water partition coefficient (Wildman–Crippen LogP) is 6.64. The molecule has 0 saturated carbocycles. The Hall–Kier alpha value is -2.74. The molecule has 5 rings (SSSR count). The van der Waals surface area contributed by atoms with E-state index in [-0.39, 0.29) is 0 Å². The van der Waals surface area contributed by atoms with Crippen molar-refractivity contribution in [3.8, 4) is 0 Å². The molecular weight excluding hydrogens is 352 g/mol. The van der Waals surface area contributed by atoms with E-state index in [1.54, 1.807) is 0 Å². The quantitative estimate of drug-likeness (QED) is 0.564. The third kappa shape index (κ3) is 3.42. The van der Waals surface area contributed by atoms with Gasteiger partial charge in [0.05, 0.1) is 5.69 Å². The van der Waals surface area contributed by atoms with E-state index in [9.17, 15) is 0 Å². The highest BCUT2D eigenvalue weighted by molar-refractivity contribution is 5.99. The van der Waals surface area contributed by atoms with Gasteiger partial charge in [-0.25, -0.2) is 0 Å². The molecule has 2 heterocycles. The highest BCUT2D eigenvalue weighted by Gasteiger charge is 2.23. The Bertz CT molecular complexity index is 1090. The topological polar surface area (TPSA) is 25.2 Å². The first kappa shape index (κ1) is 18.3. The summed E-state index contributed by atoms with van der Waals surface area (Å²) >= 11 is 0. The maximum absolute atomic E-state index is 4.87. The zero-order chi connectivity index (χ0) is 20.0. The van der Waals surface area contributed by atoms with Crippen molar-refractivity contribution in [2.75, 3.05) is 0 Å². The number of rotatable bonds is 2. The van der Waals surface area contributed by atoms with Crippen LogP contribution in [-0.4, -0.2) is 10.7 Å². The Morgan fingerprint density at radius 2 is 1.97 bits per heavy atom. The van der Waals surface area contributed by atoms with Gasteiger partial charge in [-0.15, -0.1) is 0 Å². The Balaban J connectivity index is 1.54. The van der Waals surface area contributed by atoms with E-state index in [0.29, 0.717) is 11.8 Å². The number of allylic oxidation sites excluding steroid dienone is 11. The van der Waals surface area contributed by atoms with Crippen molar-refractivity contribution in [2.45, 2.75) is 46.5 Å². The van der Waals surface area contributed by atoms with Gasteiger partial charge in [0, 0.05) is 35.7 Å².